The molecule has 2 aromatic heterocycles. The first kappa shape index (κ1) is 17.5. The Morgan fingerprint density at radius 1 is 1.16 bits per heavy atom. The maximum absolute atomic E-state index is 12.9. The van der Waals surface area contributed by atoms with Crippen molar-refractivity contribution in [3.8, 4) is 17.1 Å². The van der Waals surface area contributed by atoms with Crippen LogP contribution < -0.4 is 5.69 Å². The van der Waals surface area contributed by atoms with Gasteiger partial charge in [-0.05, 0) is 43.2 Å². The van der Waals surface area contributed by atoms with Crippen molar-refractivity contribution in [1.29, 1.82) is 0 Å². The lowest BCUT2D eigenvalue weighted by Gasteiger charge is -2.06. The molecule has 0 fully saturated rings. The van der Waals surface area contributed by atoms with E-state index in [-0.39, 0.29) is 5.69 Å². The van der Waals surface area contributed by atoms with Gasteiger partial charge in [0.1, 0.15) is 0 Å². The number of nitrogens with zero attached hydrogens (tertiary/aromatic N) is 4. The van der Waals surface area contributed by atoms with E-state index in [0.29, 0.717) is 33.7 Å². The van der Waals surface area contributed by atoms with Crippen molar-refractivity contribution in [3.63, 3.8) is 0 Å². The molecule has 0 spiro atoms. The summed E-state index contributed by atoms with van der Waals surface area (Å²) in [5.74, 6) is 0.471. The van der Waals surface area contributed by atoms with Crippen LogP contribution >= 0.6 is 23.2 Å². The molecule has 0 unspecified atom stereocenters. The molecule has 1 aromatic carbocycles. The second-order valence-electron chi connectivity index (χ2n) is 5.43. The summed E-state index contributed by atoms with van der Waals surface area (Å²) in [6.45, 7) is 4.20. The summed E-state index contributed by atoms with van der Waals surface area (Å²) in [5, 5.41) is 5.53. The molecule has 3 aromatic rings. The molecule has 0 bridgehead atoms. The Morgan fingerprint density at radius 2 is 1.92 bits per heavy atom. The van der Waals surface area contributed by atoms with Gasteiger partial charge in [-0.15, -0.1) is 11.7 Å². The van der Waals surface area contributed by atoms with Crippen molar-refractivity contribution in [1.82, 2.24) is 19.3 Å². The van der Waals surface area contributed by atoms with Crippen LogP contribution in [0.2, 0.25) is 10.0 Å². The van der Waals surface area contributed by atoms with Gasteiger partial charge in [-0.3, -0.25) is 4.98 Å². The van der Waals surface area contributed by atoms with Crippen LogP contribution in [0.15, 0.2) is 60.2 Å². The van der Waals surface area contributed by atoms with E-state index >= 15 is 0 Å². The number of pyridine rings is 1. The predicted octanol–water partition coefficient (Wildman–Crippen LogP) is 4.37. The molecule has 0 aliphatic rings. The van der Waals surface area contributed by atoms with E-state index in [4.69, 9.17) is 23.2 Å². The summed E-state index contributed by atoms with van der Waals surface area (Å²) in [6.07, 6.45) is 6.57. The van der Waals surface area contributed by atoms with Crippen LogP contribution in [0.1, 0.15) is 12.8 Å². The molecule has 0 aliphatic carbocycles. The molecular weight excluding hydrogens is 359 g/mol. The zero-order chi connectivity index (χ0) is 17.8. The number of aromatic nitrogens is 4. The number of rotatable bonds is 6. The van der Waals surface area contributed by atoms with Gasteiger partial charge in [0.05, 0.1) is 10.7 Å². The average Bonchev–Trinajstić information content (AvgIpc) is 2.93. The fourth-order valence-corrected chi connectivity index (χ4v) is 2.82. The molecule has 0 atom stereocenters. The Balaban J connectivity index is 2.16. The molecule has 3 rings (SSSR count). The van der Waals surface area contributed by atoms with Crippen LogP contribution in [0.3, 0.4) is 0 Å². The second kappa shape index (κ2) is 7.68. The molecule has 0 saturated carbocycles. The van der Waals surface area contributed by atoms with Crippen LogP contribution in [0.25, 0.3) is 17.1 Å². The normalized spacial score (nSPS) is 10.8. The standard InChI is InChI=1S/C18H16Cl2N4O/c1-2-3-4-11-23-18(25)24(14-7-5-13(19)6-8-14)17(22-23)15-9-10-21-12-16(15)20/h2,5-10,12H,1,3-4,11H2. The first-order valence-corrected chi connectivity index (χ1v) is 8.54. The first-order chi connectivity index (χ1) is 12.1. The minimum atomic E-state index is -0.228. The van der Waals surface area contributed by atoms with Gasteiger partial charge in [0.25, 0.3) is 0 Å². The number of benzene rings is 1. The Labute approximate surface area is 155 Å². The summed E-state index contributed by atoms with van der Waals surface area (Å²) in [7, 11) is 0. The molecule has 0 saturated heterocycles. The third-order valence-corrected chi connectivity index (χ3v) is 4.27. The van der Waals surface area contributed by atoms with Gasteiger partial charge in [0.15, 0.2) is 5.82 Å². The quantitative estimate of drug-likeness (QED) is 0.475. The van der Waals surface area contributed by atoms with E-state index in [1.54, 1.807) is 36.5 Å². The Bertz CT molecular complexity index is 944. The zero-order valence-electron chi connectivity index (χ0n) is 13.4. The van der Waals surface area contributed by atoms with Crippen molar-refractivity contribution in [2.75, 3.05) is 0 Å². The fourth-order valence-electron chi connectivity index (χ4n) is 2.49. The summed E-state index contributed by atoms with van der Waals surface area (Å²) in [4.78, 5) is 16.9. The van der Waals surface area contributed by atoms with Crippen molar-refractivity contribution >= 4 is 23.2 Å². The van der Waals surface area contributed by atoms with Gasteiger partial charge in [0.2, 0.25) is 0 Å². The number of aryl methyl sites for hydroxylation is 1. The van der Waals surface area contributed by atoms with E-state index in [9.17, 15) is 4.79 Å². The van der Waals surface area contributed by atoms with Crippen LogP contribution in [0, 0.1) is 0 Å². The number of allylic oxidation sites excluding steroid dienone is 1. The molecule has 5 nitrogen and oxygen atoms in total. The maximum Gasteiger partial charge on any atom is 0.350 e. The van der Waals surface area contributed by atoms with E-state index in [1.165, 1.54) is 15.4 Å². The smallest absolute Gasteiger partial charge is 0.263 e. The van der Waals surface area contributed by atoms with Crippen molar-refractivity contribution in [2.45, 2.75) is 19.4 Å². The minimum Gasteiger partial charge on any atom is -0.263 e. The van der Waals surface area contributed by atoms with Gasteiger partial charge in [0, 0.05) is 29.5 Å². The molecule has 0 N–H and O–H groups in total. The largest absolute Gasteiger partial charge is 0.350 e. The van der Waals surface area contributed by atoms with Crippen molar-refractivity contribution in [2.24, 2.45) is 0 Å². The Kier molecular flexibility index (Phi) is 5.36. The van der Waals surface area contributed by atoms with Crippen molar-refractivity contribution < 1.29 is 0 Å². The maximum atomic E-state index is 12.9. The number of hydrogen-bond acceptors (Lipinski definition) is 3. The molecular formula is C18H16Cl2N4O. The summed E-state index contributed by atoms with van der Waals surface area (Å²) in [6, 6.07) is 8.76. The first-order valence-electron chi connectivity index (χ1n) is 7.78. The highest BCUT2D eigenvalue weighted by atomic mass is 35.5. The molecule has 0 amide bonds. The van der Waals surface area contributed by atoms with E-state index < -0.39 is 0 Å². The highest BCUT2D eigenvalue weighted by molar-refractivity contribution is 6.33. The molecule has 128 valence electrons. The second-order valence-corrected chi connectivity index (χ2v) is 6.27. The molecule has 25 heavy (non-hydrogen) atoms. The van der Waals surface area contributed by atoms with Gasteiger partial charge >= 0.3 is 5.69 Å². The topological polar surface area (TPSA) is 52.7 Å². The van der Waals surface area contributed by atoms with Gasteiger partial charge in [-0.2, -0.15) is 0 Å². The van der Waals surface area contributed by atoms with Crippen LogP contribution in [-0.2, 0) is 6.54 Å². The highest BCUT2D eigenvalue weighted by Crippen LogP contribution is 2.26. The van der Waals surface area contributed by atoms with E-state index in [1.807, 2.05) is 6.08 Å². The Morgan fingerprint density at radius 3 is 2.60 bits per heavy atom. The SMILES string of the molecule is C=CCCCn1nc(-c2ccncc2Cl)n(-c2ccc(Cl)cc2)c1=O. The van der Waals surface area contributed by atoms with Crippen molar-refractivity contribution in [3.05, 3.63) is 75.9 Å². The van der Waals surface area contributed by atoms with E-state index in [2.05, 4.69) is 16.7 Å². The zero-order valence-corrected chi connectivity index (χ0v) is 14.9. The lowest BCUT2D eigenvalue weighted by molar-refractivity contribution is 0.562. The minimum absolute atomic E-state index is 0.228. The lowest BCUT2D eigenvalue weighted by atomic mass is 10.2. The summed E-state index contributed by atoms with van der Waals surface area (Å²) in [5.41, 5.74) is 1.09. The van der Waals surface area contributed by atoms with Gasteiger partial charge in [-0.1, -0.05) is 29.3 Å². The lowest BCUT2D eigenvalue weighted by Crippen LogP contribution is -2.24. The molecule has 7 heteroatoms. The predicted molar refractivity (Wildman–Crippen MR) is 101 cm³/mol. The molecule has 2 heterocycles. The van der Waals surface area contributed by atoms with Gasteiger partial charge in [-0.25, -0.2) is 14.0 Å². The third-order valence-electron chi connectivity index (χ3n) is 3.72. The summed E-state index contributed by atoms with van der Waals surface area (Å²) >= 11 is 12.2. The fraction of sp³-hybridized carbons (Fsp3) is 0.167. The van der Waals surface area contributed by atoms with Gasteiger partial charge < -0.3 is 0 Å². The molecule has 0 radical (unpaired) electrons. The monoisotopic (exact) mass is 374 g/mol. The van der Waals surface area contributed by atoms with Crippen LogP contribution in [0.5, 0.6) is 0 Å². The van der Waals surface area contributed by atoms with Crippen LogP contribution in [0.4, 0.5) is 0 Å². The molecule has 0 aliphatic heterocycles. The number of unbranched alkanes of at least 4 members (excludes halogenated alkanes) is 1. The van der Waals surface area contributed by atoms with E-state index in [0.717, 1.165) is 12.8 Å². The highest BCUT2D eigenvalue weighted by Gasteiger charge is 2.18. The van der Waals surface area contributed by atoms with Crippen LogP contribution in [-0.4, -0.2) is 19.3 Å². The summed E-state index contributed by atoms with van der Waals surface area (Å²) < 4.78 is 2.98. The number of halogens is 2. The Hall–Kier alpha value is -2.37. The average molecular weight is 375 g/mol. The third kappa shape index (κ3) is 3.67. The number of hydrogen-bond donors (Lipinski definition) is 0.